The summed E-state index contributed by atoms with van der Waals surface area (Å²) in [6.45, 7) is 4.44. The van der Waals surface area contributed by atoms with Gasteiger partial charge in [-0.3, -0.25) is 4.57 Å². The fourth-order valence-electron chi connectivity index (χ4n) is 3.24. The fraction of sp³-hybridized carbons (Fsp3) is 0.120. The molecule has 3 aromatic carbocycles. The lowest BCUT2D eigenvalue weighted by atomic mass is 10.1. The smallest absolute Gasteiger partial charge is 0.191 e. The zero-order valence-electron chi connectivity index (χ0n) is 17.2. The molecule has 1 aromatic heterocycles. The molecule has 1 heterocycles. The average molecular weight is 450 g/mol. The molecular weight excluding hydrogens is 428 g/mol. The van der Waals surface area contributed by atoms with Gasteiger partial charge in [0.2, 0.25) is 0 Å². The number of nitrogens with zero attached hydrogens (tertiary/aromatic N) is 3. The minimum absolute atomic E-state index is 0.0141. The van der Waals surface area contributed by atoms with Crippen LogP contribution in [-0.4, -0.2) is 14.8 Å². The first-order valence-electron chi connectivity index (χ1n) is 10.0. The third-order valence-electron chi connectivity index (χ3n) is 4.84. The van der Waals surface area contributed by atoms with Gasteiger partial charge in [-0.1, -0.05) is 72.4 Å². The van der Waals surface area contributed by atoms with Crippen LogP contribution in [0.4, 0.5) is 8.78 Å². The Balaban J connectivity index is 1.52. The number of allylic oxidation sites excluding steroid dienone is 1. The molecule has 0 aliphatic rings. The van der Waals surface area contributed by atoms with Crippen LogP contribution in [0.25, 0.3) is 11.1 Å². The Kier molecular flexibility index (Phi) is 6.97. The normalized spacial score (nSPS) is 10.8. The number of ether oxygens (including phenoxy) is 1. The van der Waals surface area contributed by atoms with E-state index in [1.807, 2.05) is 59.2 Å². The maximum atomic E-state index is 14.0. The molecule has 0 N–H and O–H groups in total. The summed E-state index contributed by atoms with van der Waals surface area (Å²) in [5.74, 6) is 0.284. The van der Waals surface area contributed by atoms with Crippen LogP contribution in [0.3, 0.4) is 0 Å². The molecule has 0 fully saturated rings. The molecule has 0 aliphatic carbocycles. The molecule has 32 heavy (non-hydrogen) atoms. The van der Waals surface area contributed by atoms with E-state index in [1.165, 1.54) is 30.0 Å². The number of rotatable bonds is 9. The lowest BCUT2D eigenvalue weighted by Gasteiger charge is -2.12. The van der Waals surface area contributed by atoms with Crippen LogP contribution in [0.15, 0.2) is 90.6 Å². The molecule has 0 radical (unpaired) electrons. The number of halogens is 2. The Morgan fingerprint density at radius 2 is 1.62 bits per heavy atom. The molecule has 0 unspecified atom stereocenters. The minimum Gasteiger partial charge on any atom is -0.485 e. The van der Waals surface area contributed by atoms with Crippen molar-refractivity contribution >= 4 is 11.8 Å². The topological polar surface area (TPSA) is 39.9 Å². The molecule has 4 rings (SSSR count). The summed E-state index contributed by atoms with van der Waals surface area (Å²) in [7, 11) is 0. The van der Waals surface area contributed by atoms with Gasteiger partial charge in [0.05, 0.1) is 0 Å². The summed E-state index contributed by atoms with van der Waals surface area (Å²) < 4.78 is 35.8. The number of thioether (sulfide) groups is 1. The monoisotopic (exact) mass is 449 g/mol. The Morgan fingerprint density at radius 3 is 2.38 bits per heavy atom. The number of benzene rings is 3. The van der Waals surface area contributed by atoms with Gasteiger partial charge in [-0.25, -0.2) is 8.78 Å². The van der Waals surface area contributed by atoms with Crippen molar-refractivity contribution in [2.45, 2.75) is 24.1 Å². The van der Waals surface area contributed by atoms with Crippen LogP contribution in [0, 0.1) is 11.6 Å². The molecule has 0 bridgehead atoms. The van der Waals surface area contributed by atoms with Gasteiger partial charge in [0, 0.05) is 23.4 Å². The second kappa shape index (κ2) is 10.2. The van der Waals surface area contributed by atoms with Gasteiger partial charge in [0.25, 0.3) is 0 Å². The molecule has 0 spiro atoms. The standard InChI is InChI=1S/C25H21F2N3OS/c1-2-15-30-24(28-29-25(30)32-17-20-21(26)12-8-13-22(20)27)16-31-23-14-7-6-11-19(23)18-9-4-3-5-10-18/h2-14H,1,15-17H2. The van der Waals surface area contributed by atoms with E-state index in [9.17, 15) is 8.78 Å². The van der Waals surface area contributed by atoms with Crippen LogP contribution < -0.4 is 4.74 Å². The first kappa shape index (κ1) is 21.8. The second-order valence-electron chi connectivity index (χ2n) is 6.94. The van der Waals surface area contributed by atoms with Gasteiger partial charge in [-0.05, 0) is 23.8 Å². The molecule has 162 valence electrons. The number of hydrogen-bond acceptors (Lipinski definition) is 4. The Hall–Kier alpha value is -3.45. The van der Waals surface area contributed by atoms with E-state index in [0.29, 0.717) is 17.5 Å². The zero-order valence-corrected chi connectivity index (χ0v) is 18.1. The second-order valence-corrected chi connectivity index (χ2v) is 7.88. The number of hydrogen-bond donors (Lipinski definition) is 0. The van der Waals surface area contributed by atoms with Crippen molar-refractivity contribution in [1.82, 2.24) is 14.8 Å². The van der Waals surface area contributed by atoms with Gasteiger partial charge in [-0.2, -0.15) is 0 Å². The van der Waals surface area contributed by atoms with Crippen molar-refractivity contribution in [2.24, 2.45) is 0 Å². The highest BCUT2D eigenvalue weighted by Crippen LogP contribution is 2.30. The fourth-order valence-corrected chi connectivity index (χ4v) is 4.23. The summed E-state index contributed by atoms with van der Waals surface area (Å²) in [6.07, 6.45) is 1.72. The van der Waals surface area contributed by atoms with Gasteiger partial charge < -0.3 is 4.74 Å². The Bertz CT molecular complexity index is 1190. The van der Waals surface area contributed by atoms with Crippen LogP contribution in [0.2, 0.25) is 0 Å². The van der Waals surface area contributed by atoms with E-state index >= 15 is 0 Å². The third-order valence-corrected chi connectivity index (χ3v) is 5.83. The van der Waals surface area contributed by atoms with E-state index in [2.05, 4.69) is 16.8 Å². The summed E-state index contributed by atoms with van der Waals surface area (Å²) in [5, 5.41) is 8.99. The minimum atomic E-state index is -0.576. The quantitative estimate of drug-likeness (QED) is 0.223. The van der Waals surface area contributed by atoms with E-state index < -0.39 is 11.6 Å². The lowest BCUT2D eigenvalue weighted by Crippen LogP contribution is -2.08. The largest absolute Gasteiger partial charge is 0.485 e. The molecule has 0 saturated carbocycles. The van der Waals surface area contributed by atoms with Crippen molar-refractivity contribution in [2.75, 3.05) is 0 Å². The number of aromatic nitrogens is 3. The summed E-state index contributed by atoms with van der Waals surface area (Å²) >= 11 is 1.22. The van der Waals surface area contributed by atoms with E-state index in [4.69, 9.17) is 4.74 Å². The van der Waals surface area contributed by atoms with Gasteiger partial charge >= 0.3 is 0 Å². The maximum Gasteiger partial charge on any atom is 0.191 e. The first-order chi connectivity index (χ1) is 15.7. The lowest BCUT2D eigenvalue weighted by molar-refractivity contribution is 0.290. The predicted octanol–water partition coefficient (Wildman–Crippen LogP) is 6.28. The van der Waals surface area contributed by atoms with Crippen molar-refractivity contribution in [3.8, 4) is 16.9 Å². The Morgan fingerprint density at radius 1 is 0.906 bits per heavy atom. The van der Waals surface area contributed by atoms with Crippen molar-refractivity contribution in [3.05, 3.63) is 108 Å². The van der Waals surface area contributed by atoms with E-state index in [-0.39, 0.29) is 17.9 Å². The zero-order chi connectivity index (χ0) is 22.3. The summed E-state index contributed by atoms with van der Waals surface area (Å²) in [6, 6.07) is 21.6. The van der Waals surface area contributed by atoms with E-state index in [0.717, 1.165) is 16.9 Å². The van der Waals surface area contributed by atoms with Crippen LogP contribution in [0.5, 0.6) is 5.75 Å². The van der Waals surface area contributed by atoms with Crippen LogP contribution in [-0.2, 0) is 18.9 Å². The molecule has 4 aromatic rings. The van der Waals surface area contributed by atoms with Crippen molar-refractivity contribution in [3.63, 3.8) is 0 Å². The molecule has 4 nitrogen and oxygen atoms in total. The molecule has 0 saturated heterocycles. The highest BCUT2D eigenvalue weighted by molar-refractivity contribution is 7.98. The highest BCUT2D eigenvalue weighted by Gasteiger charge is 2.16. The molecule has 0 aliphatic heterocycles. The summed E-state index contributed by atoms with van der Waals surface area (Å²) in [4.78, 5) is 0. The van der Waals surface area contributed by atoms with Crippen LogP contribution in [0.1, 0.15) is 11.4 Å². The summed E-state index contributed by atoms with van der Waals surface area (Å²) in [5.41, 5.74) is 2.05. The highest BCUT2D eigenvalue weighted by atomic mass is 32.2. The Labute approximate surface area is 189 Å². The van der Waals surface area contributed by atoms with Gasteiger partial charge in [0.15, 0.2) is 11.0 Å². The van der Waals surface area contributed by atoms with Gasteiger partial charge in [0.1, 0.15) is 24.0 Å². The van der Waals surface area contributed by atoms with Crippen molar-refractivity contribution < 1.29 is 13.5 Å². The van der Waals surface area contributed by atoms with E-state index in [1.54, 1.807) is 6.08 Å². The maximum absolute atomic E-state index is 14.0. The SMILES string of the molecule is C=CCn1c(COc2ccccc2-c2ccccc2)nnc1SCc1c(F)cccc1F. The molecule has 7 heteroatoms. The molecule has 0 atom stereocenters. The third kappa shape index (κ3) is 4.89. The van der Waals surface area contributed by atoms with Crippen molar-refractivity contribution in [1.29, 1.82) is 0 Å². The van der Waals surface area contributed by atoms with Gasteiger partial charge in [-0.15, -0.1) is 16.8 Å². The van der Waals surface area contributed by atoms with Crippen LogP contribution >= 0.6 is 11.8 Å². The molecular formula is C25H21F2N3OS. The molecule has 0 amide bonds. The number of para-hydroxylation sites is 1. The first-order valence-corrected chi connectivity index (χ1v) is 11.0. The predicted molar refractivity (Wildman–Crippen MR) is 122 cm³/mol. The average Bonchev–Trinajstić information content (AvgIpc) is 3.20.